The van der Waals surface area contributed by atoms with Crippen LogP contribution in [0.15, 0.2) is 78.9 Å². The number of anilines is 2. The number of cyclic esters (lactones) is 1. The lowest BCUT2D eigenvalue weighted by molar-refractivity contribution is -0.150. The number of nitrogens with zero attached hydrogens (tertiary/aromatic N) is 3. The molecule has 0 radical (unpaired) electrons. The van der Waals surface area contributed by atoms with Crippen molar-refractivity contribution >= 4 is 37.6 Å². The number of ether oxygens (including phenoxy) is 2. The molecule has 3 heterocycles. The molecule has 3 aliphatic rings. The predicted octanol–water partition coefficient (Wildman–Crippen LogP) is 4.40. The minimum Gasteiger partial charge on any atom is -0.447 e. The molecule has 2 fully saturated rings. The van der Waals surface area contributed by atoms with Gasteiger partial charge in [0.1, 0.15) is 6.61 Å². The van der Waals surface area contributed by atoms with Gasteiger partial charge in [-0.05, 0) is 42.4 Å². The van der Waals surface area contributed by atoms with Crippen molar-refractivity contribution in [3.05, 3.63) is 95.6 Å². The molecule has 3 aliphatic heterocycles. The van der Waals surface area contributed by atoms with E-state index in [1.165, 1.54) is 0 Å². The molecule has 10 nitrogen and oxygen atoms in total. The standard InChI is InChI=1S/C35H41N3O7Si/c1-24-32(46(2,3)43)30(21-31(40)36(16-18-39)22-25-10-5-4-6-11-25)45-35(24)28-14-7-8-15-29(28)38(33(35)41)23-26-12-9-13-27(20-26)37-17-19-44-34(37)42/h4-15,20,24,30,32,39,43H,16-19,21-23H2,1-3H3/t24-,30+,32-,35+/m0/s1. The van der Waals surface area contributed by atoms with E-state index in [1.54, 1.807) is 14.7 Å². The molecule has 0 aliphatic carbocycles. The predicted molar refractivity (Wildman–Crippen MR) is 175 cm³/mol. The summed E-state index contributed by atoms with van der Waals surface area (Å²) in [5.74, 6) is -0.855. The Morgan fingerprint density at radius 3 is 2.43 bits per heavy atom. The van der Waals surface area contributed by atoms with Crippen LogP contribution in [-0.2, 0) is 37.8 Å². The molecule has 0 bridgehead atoms. The summed E-state index contributed by atoms with van der Waals surface area (Å²) in [5, 5.41) is 9.77. The molecule has 0 aromatic heterocycles. The number of fused-ring (bicyclic) bond motifs is 2. The average molecular weight is 644 g/mol. The zero-order valence-electron chi connectivity index (χ0n) is 26.5. The Balaban J connectivity index is 1.31. The third-order valence-electron chi connectivity index (χ3n) is 9.53. The van der Waals surface area contributed by atoms with Crippen molar-refractivity contribution in [3.8, 4) is 0 Å². The van der Waals surface area contributed by atoms with Gasteiger partial charge in [-0.25, -0.2) is 4.79 Å². The van der Waals surface area contributed by atoms with Gasteiger partial charge in [0.2, 0.25) is 5.91 Å². The summed E-state index contributed by atoms with van der Waals surface area (Å²) in [6.45, 7) is 6.98. The lowest BCUT2D eigenvalue weighted by atomic mass is 9.82. The molecule has 1 spiro atoms. The van der Waals surface area contributed by atoms with Crippen LogP contribution in [0.5, 0.6) is 0 Å². The van der Waals surface area contributed by atoms with Crippen LogP contribution in [0.1, 0.15) is 30.0 Å². The van der Waals surface area contributed by atoms with E-state index in [2.05, 4.69) is 0 Å². The van der Waals surface area contributed by atoms with E-state index in [1.807, 2.05) is 98.9 Å². The highest BCUT2D eigenvalue weighted by atomic mass is 28.4. The summed E-state index contributed by atoms with van der Waals surface area (Å²) in [5.41, 5.74) is 2.14. The van der Waals surface area contributed by atoms with Crippen LogP contribution in [0, 0.1) is 5.92 Å². The van der Waals surface area contributed by atoms with Gasteiger partial charge in [0.25, 0.3) is 5.91 Å². The maximum atomic E-state index is 14.7. The van der Waals surface area contributed by atoms with E-state index in [-0.39, 0.29) is 37.9 Å². The first-order valence-electron chi connectivity index (χ1n) is 15.8. The van der Waals surface area contributed by atoms with Crippen molar-refractivity contribution < 1.29 is 33.8 Å². The quantitative estimate of drug-likeness (QED) is 0.315. The third-order valence-corrected chi connectivity index (χ3v) is 12.0. The molecule has 3 aromatic carbocycles. The van der Waals surface area contributed by atoms with Crippen molar-refractivity contribution in [2.24, 2.45) is 5.92 Å². The van der Waals surface area contributed by atoms with Gasteiger partial charge in [0.15, 0.2) is 13.9 Å². The molecular formula is C35H41N3O7Si. The van der Waals surface area contributed by atoms with E-state index in [9.17, 15) is 24.3 Å². The average Bonchev–Trinajstić information content (AvgIpc) is 3.66. The molecule has 0 unspecified atom stereocenters. The van der Waals surface area contributed by atoms with Crippen LogP contribution in [0.4, 0.5) is 16.2 Å². The van der Waals surface area contributed by atoms with E-state index in [4.69, 9.17) is 9.47 Å². The van der Waals surface area contributed by atoms with Crippen LogP contribution in [-0.4, -0.2) is 73.4 Å². The summed E-state index contributed by atoms with van der Waals surface area (Å²) in [4.78, 5) is 57.2. The molecule has 4 atom stereocenters. The Morgan fingerprint density at radius 2 is 1.74 bits per heavy atom. The molecule has 11 heteroatoms. The zero-order chi connectivity index (χ0) is 32.6. The summed E-state index contributed by atoms with van der Waals surface area (Å²) in [6.07, 6.45) is -1.12. The van der Waals surface area contributed by atoms with Crippen molar-refractivity contribution in [1.29, 1.82) is 0 Å². The Hall–Kier alpha value is -4.03. The number of para-hydroxylation sites is 1. The van der Waals surface area contributed by atoms with Crippen molar-refractivity contribution in [3.63, 3.8) is 0 Å². The van der Waals surface area contributed by atoms with Crippen molar-refractivity contribution in [2.45, 2.75) is 56.8 Å². The summed E-state index contributed by atoms with van der Waals surface area (Å²) in [6, 6.07) is 24.7. The monoisotopic (exact) mass is 643 g/mol. The van der Waals surface area contributed by atoms with Gasteiger partial charge < -0.3 is 29.2 Å². The number of hydrogen-bond acceptors (Lipinski definition) is 7. The molecule has 3 aromatic rings. The fraction of sp³-hybridized carbons (Fsp3) is 0.400. The SMILES string of the molecule is C[C@H]1[C@H]([Si](C)(C)O)[C@@H](CC(=O)N(CCO)Cc2ccccc2)O[C@]12C(=O)N(Cc1cccc(N3CCOC3=O)c1)c1ccccc12. The molecule has 46 heavy (non-hydrogen) atoms. The molecule has 242 valence electrons. The zero-order valence-corrected chi connectivity index (χ0v) is 27.5. The number of carbonyl (C=O) groups is 3. The highest BCUT2D eigenvalue weighted by Gasteiger charge is 2.66. The highest BCUT2D eigenvalue weighted by Crippen LogP contribution is 2.59. The lowest BCUT2D eigenvalue weighted by Gasteiger charge is -2.32. The third kappa shape index (κ3) is 5.72. The van der Waals surface area contributed by atoms with E-state index >= 15 is 0 Å². The Labute approximate surface area is 270 Å². The number of carbonyl (C=O) groups excluding carboxylic acids is 3. The maximum Gasteiger partial charge on any atom is 0.414 e. The van der Waals surface area contributed by atoms with E-state index in [0.717, 1.165) is 22.4 Å². The van der Waals surface area contributed by atoms with Gasteiger partial charge in [-0.2, -0.15) is 0 Å². The lowest BCUT2D eigenvalue weighted by Crippen LogP contribution is -2.46. The Kier molecular flexibility index (Phi) is 8.77. The van der Waals surface area contributed by atoms with Gasteiger partial charge in [0, 0.05) is 35.8 Å². The second kappa shape index (κ2) is 12.6. The van der Waals surface area contributed by atoms with Crippen LogP contribution in [0.2, 0.25) is 18.6 Å². The molecule has 2 N–H and O–H groups in total. The number of rotatable bonds is 10. The summed E-state index contributed by atoms with van der Waals surface area (Å²) < 4.78 is 12.0. The first-order valence-corrected chi connectivity index (χ1v) is 18.8. The normalized spacial score (nSPS) is 24.1. The number of amides is 3. The first kappa shape index (κ1) is 31.9. The van der Waals surface area contributed by atoms with Gasteiger partial charge in [-0.15, -0.1) is 0 Å². The maximum absolute atomic E-state index is 14.7. The molecule has 2 saturated heterocycles. The topological polar surface area (TPSA) is 120 Å². The van der Waals surface area contributed by atoms with Gasteiger partial charge in [-0.1, -0.05) is 67.6 Å². The second-order valence-electron chi connectivity index (χ2n) is 12.9. The molecule has 3 amide bonds. The van der Waals surface area contributed by atoms with Crippen LogP contribution in [0.25, 0.3) is 0 Å². The second-order valence-corrected chi connectivity index (χ2v) is 16.9. The van der Waals surface area contributed by atoms with Gasteiger partial charge >= 0.3 is 6.09 Å². The van der Waals surface area contributed by atoms with Crippen molar-refractivity contribution in [2.75, 3.05) is 36.1 Å². The minimum absolute atomic E-state index is 0.0238. The fourth-order valence-electron chi connectivity index (χ4n) is 7.54. The summed E-state index contributed by atoms with van der Waals surface area (Å²) in [7, 11) is -2.98. The number of aliphatic hydroxyl groups is 1. The number of benzene rings is 3. The van der Waals surface area contributed by atoms with Crippen LogP contribution >= 0.6 is 0 Å². The number of aliphatic hydroxyl groups excluding tert-OH is 1. The minimum atomic E-state index is -2.98. The smallest absolute Gasteiger partial charge is 0.414 e. The van der Waals surface area contributed by atoms with Gasteiger partial charge in [-0.3, -0.25) is 14.5 Å². The van der Waals surface area contributed by atoms with Crippen LogP contribution in [0.3, 0.4) is 0 Å². The molecule has 6 rings (SSSR count). The Bertz CT molecular complexity index is 1610. The Morgan fingerprint density at radius 1 is 1.02 bits per heavy atom. The number of hydrogen-bond donors (Lipinski definition) is 2. The van der Waals surface area contributed by atoms with Crippen molar-refractivity contribution in [1.82, 2.24) is 4.90 Å². The van der Waals surface area contributed by atoms with E-state index in [0.29, 0.717) is 25.4 Å². The fourth-order valence-corrected chi connectivity index (χ4v) is 10.1. The highest BCUT2D eigenvalue weighted by molar-refractivity contribution is 6.71. The summed E-state index contributed by atoms with van der Waals surface area (Å²) >= 11 is 0. The van der Waals surface area contributed by atoms with E-state index < -0.39 is 37.6 Å². The first-order chi connectivity index (χ1) is 22.0. The largest absolute Gasteiger partial charge is 0.447 e. The van der Waals surface area contributed by atoms with Crippen LogP contribution < -0.4 is 9.80 Å². The molecular weight excluding hydrogens is 602 g/mol. The molecule has 0 saturated carbocycles. The van der Waals surface area contributed by atoms with Gasteiger partial charge in [0.05, 0.1) is 37.9 Å².